The van der Waals surface area contributed by atoms with Crippen LogP contribution in [0.2, 0.25) is 0 Å². The first-order valence-corrected chi connectivity index (χ1v) is 6.87. The summed E-state index contributed by atoms with van der Waals surface area (Å²) >= 11 is 0. The van der Waals surface area contributed by atoms with E-state index in [9.17, 15) is 4.79 Å². The number of nitrogens with one attached hydrogen (secondary N) is 1. The predicted molar refractivity (Wildman–Crippen MR) is 79.4 cm³/mol. The first-order valence-electron chi connectivity index (χ1n) is 6.87. The number of unbranched alkanes of at least 4 members (excludes halogenated alkanes) is 2. The summed E-state index contributed by atoms with van der Waals surface area (Å²) in [6.07, 6.45) is 2.46. The van der Waals surface area contributed by atoms with Crippen LogP contribution in [-0.4, -0.2) is 45.5 Å². The largest absolute Gasteiger partial charge is 0.493 e. The average Bonchev–Trinajstić information content (AvgIpc) is 2.52. The molecule has 0 fully saturated rings. The van der Waals surface area contributed by atoms with Gasteiger partial charge < -0.3 is 24.6 Å². The van der Waals surface area contributed by atoms with E-state index in [1.54, 1.807) is 12.1 Å². The number of amides is 1. The van der Waals surface area contributed by atoms with Crippen LogP contribution in [0.1, 0.15) is 29.6 Å². The zero-order chi connectivity index (χ0) is 15.7. The van der Waals surface area contributed by atoms with Gasteiger partial charge in [-0.1, -0.05) is 0 Å². The second kappa shape index (κ2) is 9.07. The fourth-order valence-electron chi connectivity index (χ4n) is 1.93. The zero-order valence-corrected chi connectivity index (χ0v) is 12.8. The number of benzene rings is 1. The highest BCUT2D eigenvalue weighted by Gasteiger charge is 2.16. The quantitative estimate of drug-likeness (QED) is 0.677. The lowest BCUT2D eigenvalue weighted by atomic mass is 10.1. The summed E-state index contributed by atoms with van der Waals surface area (Å²) in [5, 5.41) is 11.5. The van der Waals surface area contributed by atoms with Crippen LogP contribution in [-0.2, 0) is 0 Å². The van der Waals surface area contributed by atoms with Crippen LogP contribution in [0.15, 0.2) is 12.1 Å². The Hall–Kier alpha value is -1.95. The summed E-state index contributed by atoms with van der Waals surface area (Å²) < 4.78 is 15.6. The fourth-order valence-corrected chi connectivity index (χ4v) is 1.93. The molecule has 0 heterocycles. The van der Waals surface area contributed by atoms with Crippen LogP contribution in [0.25, 0.3) is 0 Å². The molecule has 1 amide bonds. The van der Waals surface area contributed by atoms with E-state index >= 15 is 0 Å². The van der Waals surface area contributed by atoms with Crippen molar-refractivity contribution in [2.45, 2.75) is 19.3 Å². The topological polar surface area (TPSA) is 77.0 Å². The van der Waals surface area contributed by atoms with E-state index in [4.69, 9.17) is 19.3 Å². The van der Waals surface area contributed by atoms with E-state index in [-0.39, 0.29) is 12.5 Å². The highest BCUT2D eigenvalue weighted by molar-refractivity contribution is 5.95. The highest BCUT2D eigenvalue weighted by atomic mass is 16.5. The van der Waals surface area contributed by atoms with Crippen molar-refractivity contribution in [3.05, 3.63) is 17.7 Å². The maximum atomic E-state index is 12.1. The second-order valence-electron chi connectivity index (χ2n) is 4.45. The number of aliphatic hydroxyl groups is 1. The van der Waals surface area contributed by atoms with E-state index in [1.165, 1.54) is 21.3 Å². The summed E-state index contributed by atoms with van der Waals surface area (Å²) in [5.74, 6) is 1.15. The van der Waals surface area contributed by atoms with Crippen LogP contribution in [0.4, 0.5) is 0 Å². The Kier molecular flexibility index (Phi) is 7.39. The van der Waals surface area contributed by atoms with Gasteiger partial charge in [0, 0.05) is 18.7 Å². The van der Waals surface area contributed by atoms with Gasteiger partial charge in [-0.15, -0.1) is 0 Å². The Bertz CT molecular complexity index is 436. The molecule has 1 rings (SSSR count). The van der Waals surface area contributed by atoms with Gasteiger partial charge in [-0.3, -0.25) is 4.79 Å². The minimum Gasteiger partial charge on any atom is -0.493 e. The van der Waals surface area contributed by atoms with Gasteiger partial charge in [-0.25, -0.2) is 0 Å². The van der Waals surface area contributed by atoms with Crippen molar-refractivity contribution in [3.8, 4) is 17.2 Å². The van der Waals surface area contributed by atoms with Crippen LogP contribution < -0.4 is 19.5 Å². The van der Waals surface area contributed by atoms with Crippen molar-refractivity contribution in [2.75, 3.05) is 34.5 Å². The summed E-state index contributed by atoms with van der Waals surface area (Å²) in [4.78, 5) is 12.1. The van der Waals surface area contributed by atoms with E-state index in [0.29, 0.717) is 29.4 Å². The monoisotopic (exact) mass is 297 g/mol. The number of rotatable bonds is 9. The molecule has 0 spiro atoms. The molecule has 0 atom stereocenters. The van der Waals surface area contributed by atoms with E-state index in [1.807, 2.05) is 0 Å². The molecular formula is C15H23NO5. The summed E-state index contributed by atoms with van der Waals surface area (Å²) in [6.45, 7) is 0.746. The predicted octanol–water partition coefficient (Wildman–Crippen LogP) is 1.60. The normalized spacial score (nSPS) is 10.1. The first kappa shape index (κ1) is 17.1. The first-order chi connectivity index (χ1) is 10.2. The Balaban J connectivity index is 2.75. The smallest absolute Gasteiger partial charge is 0.251 e. The van der Waals surface area contributed by atoms with Gasteiger partial charge in [0.2, 0.25) is 5.75 Å². The number of ether oxygens (including phenoxy) is 3. The molecule has 0 radical (unpaired) electrons. The number of methoxy groups -OCH3 is 3. The zero-order valence-electron chi connectivity index (χ0n) is 12.8. The third-order valence-electron chi connectivity index (χ3n) is 3.05. The van der Waals surface area contributed by atoms with Crippen molar-refractivity contribution >= 4 is 5.91 Å². The Labute approximate surface area is 125 Å². The van der Waals surface area contributed by atoms with Crippen LogP contribution in [0.3, 0.4) is 0 Å². The Morgan fingerprint density at radius 1 is 1.05 bits per heavy atom. The van der Waals surface area contributed by atoms with Crippen molar-refractivity contribution in [1.29, 1.82) is 0 Å². The lowest BCUT2D eigenvalue weighted by molar-refractivity contribution is 0.0952. The van der Waals surface area contributed by atoms with Crippen LogP contribution in [0, 0.1) is 0 Å². The van der Waals surface area contributed by atoms with Gasteiger partial charge in [0.05, 0.1) is 21.3 Å². The molecule has 0 saturated heterocycles. The Morgan fingerprint density at radius 2 is 1.67 bits per heavy atom. The molecule has 1 aromatic rings. The molecule has 2 N–H and O–H groups in total. The fraction of sp³-hybridized carbons (Fsp3) is 0.533. The molecule has 6 nitrogen and oxygen atoms in total. The third-order valence-corrected chi connectivity index (χ3v) is 3.05. The highest BCUT2D eigenvalue weighted by Crippen LogP contribution is 2.38. The molecule has 118 valence electrons. The van der Waals surface area contributed by atoms with Gasteiger partial charge >= 0.3 is 0 Å². The number of hydrogen-bond donors (Lipinski definition) is 2. The van der Waals surface area contributed by atoms with Crippen molar-refractivity contribution in [2.24, 2.45) is 0 Å². The molecular weight excluding hydrogens is 274 g/mol. The lowest BCUT2D eigenvalue weighted by Gasteiger charge is -2.14. The maximum absolute atomic E-state index is 12.1. The van der Waals surface area contributed by atoms with E-state index in [0.717, 1.165) is 19.3 Å². The number of hydrogen-bond acceptors (Lipinski definition) is 5. The summed E-state index contributed by atoms with van der Waals surface area (Å²) in [5.41, 5.74) is 0.451. The molecule has 0 aliphatic carbocycles. The number of carbonyl (C=O) groups excluding carboxylic acids is 1. The van der Waals surface area contributed by atoms with Crippen molar-refractivity contribution in [3.63, 3.8) is 0 Å². The minimum absolute atomic E-state index is 0.181. The SMILES string of the molecule is COc1cc(C(=O)NCCCCCO)cc(OC)c1OC. The van der Waals surface area contributed by atoms with Gasteiger partial charge in [-0.05, 0) is 31.4 Å². The standard InChI is InChI=1S/C15H23NO5/c1-19-12-9-11(10-13(20-2)14(12)21-3)15(18)16-7-5-4-6-8-17/h9-10,17H,4-8H2,1-3H3,(H,16,18). The van der Waals surface area contributed by atoms with Crippen molar-refractivity contribution < 1.29 is 24.1 Å². The molecule has 1 aromatic carbocycles. The molecule has 0 aliphatic rings. The van der Waals surface area contributed by atoms with Crippen LogP contribution in [0.5, 0.6) is 17.2 Å². The van der Waals surface area contributed by atoms with E-state index < -0.39 is 0 Å². The second-order valence-corrected chi connectivity index (χ2v) is 4.45. The average molecular weight is 297 g/mol. The van der Waals surface area contributed by atoms with Gasteiger partial charge in [0.1, 0.15) is 0 Å². The van der Waals surface area contributed by atoms with Gasteiger partial charge in [-0.2, -0.15) is 0 Å². The van der Waals surface area contributed by atoms with Gasteiger partial charge in [0.25, 0.3) is 5.91 Å². The molecule has 0 bridgehead atoms. The van der Waals surface area contributed by atoms with Crippen molar-refractivity contribution in [1.82, 2.24) is 5.32 Å². The molecule has 21 heavy (non-hydrogen) atoms. The lowest BCUT2D eigenvalue weighted by Crippen LogP contribution is -2.24. The molecule has 0 unspecified atom stereocenters. The maximum Gasteiger partial charge on any atom is 0.251 e. The van der Waals surface area contributed by atoms with E-state index in [2.05, 4.69) is 5.32 Å². The molecule has 0 saturated carbocycles. The molecule has 0 aliphatic heterocycles. The van der Waals surface area contributed by atoms with Crippen LogP contribution >= 0.6 is 0 Å². The summed E-state index contributed by atoms with van der Waals surface area (Å²) in [6, 6.07) is 3.23. The minimum atomic E-state index is -0.196. The summed E-state index contributed by atoms with van der Waals surface area (Å²) in [7, 11) is 4.53. The number of aliphatic hydroxyl groups excluding tert-OH is 1. The third kappa shape index (κ3) is 4.82. The van der Waals surface area contributed by atoms with Gasteiger partial charge in [0.15, 0.2) is 11.5 Å². The Morgan fingerprint density at radius 3 is 2.14 bits per heavy atom. The molecule has 0 aromatic heterocycles. The molecule has 6 heteroatoms. The number of carbonyl (C=O) groups is 1.